The van der Waals surface area contributed by atoms with Crippen LogP contribution in [0.5, 0.6) is 0 Å². The zero-order valence-electron chi connectivity index (χ0n) is 11.5. The highest BCUT2D eigenvalue weighted by molar-refractivity contribution is 8.00. The van der Waals surface area contributed by atoms with Crippen LogP contribution in [0.25, 0.3) is 0 Å². The van der Waals surface area contributed by atoms with Gasteiger partial charge in [0.1, 0.15) is 0 Å². The maximum absolute atomic E-state index is 3.93. The second-order valence-corrected chi connectivity index (χ2v) is 7.71. The van der Waals surface area contributed by atoms with Crippen LogP contribution in [0.4, 0.5) is 0 Å². The van der Waals surface area contributed by atoms with Crippen LogP contribution in [-0.2, 0) is 0 Å². The van der Waals surface area contributed by atoms with Gasteiger partial charge in [0.2, 0.25) is 0 Å². The van der Waals surface area contributed by atoms with Gasteiger partial charge in [0.15, 0.2) is 0 Å². The monoisotopic (exact) mass is 268 g/mol. The summed E-state index contributed by atoms with van der Waals surface area (Å²) in [4.78, 5) is 0. The van der Waals surface area contributed by atoms with Crippen molar-refractivity contribution in [3.05, 3.63) is 0 Å². The molecule has 4 atom stereocenters. The average molecular weight is 268 g/mol. The molecule has 2 heterocycles. The van der Waals surface area contributed by atoms with Crippen LogP contribution in [-0.4, -0.2) is 36.2 Å². The Morgan fingerprint density at radius 1 is 1.00 bits per heavy atom. The Morgan fingerprint density at radius 2 is 1.94 bits per heavy atom. The fraction of sp³-hybridized carbons (Fsp3) is 1.00. The summed E-state index contributed by atoms with van der Waals surface area (Å²) in [5, 5.41) is 8.58. The first-order valence-electron chi connectivity index (χ1n) is 8.02. The maximum atomic E-state index is 3.93. The highest BCUT2D eigenvalue weighted by Crippen LogP contribution is 2.31. The molecule has 0 radical (unpaired) electrons. The van der Waals surface area contributed by atoms with E-state index in [9.17, 15) is 0 Å². The topological polar surface area (TPSA) is 24.1 Å². The minimum atomic E-state index is 0.801. The van der Waals surface area contributed by atoms with Crippen LogP contribution in [0, 0.1) is 5.92 Å². The number of nitrogens with one attached hydrogen (secondary N) is 2. The van der Waals surface area contributed by atoms with Gasteiger partial charge < -0.3 is 10.6 Å². The molecule has 0 amide bonds. The van der Waals surface area contributed by atoms with Crippen molar-refractivity contribution in [3.63, 3.8) is 0 Å². The molecule has 3 heteroatoms. The van der Waals surface area contributed by atoms with E-state index < -0.39 is 0 Å². The molecule has 0 aromatic carbocycles. The molecule has 1 aliphatic carbocycles. The Hall–Kier alpha value is 0.270. The minimum Gasteiger partial charge on any atom is -0.314 e. The molecule has 1 saturated carbocycles. The van der Waals surface area contributed by atoms with Gasteiger partial charge in [0, 0.05) is 23.9 Å². The Balaban J connectivity index is 1.50. The van der Waals surface area contributed by atoms with E-state index in [1.165, 1.54) is 70.2 Å². The van der Waals surface area contributed by atoms with E-state index in [1.807, 2.05) is 0 Å². The van der Waals surface area contributed by atoms with Crippen molar-refractivity contribution in [1.82, 2.24) is 10.6 Å². The summed E-state index contributed by atoms with van der Waals surface area (Å²) in [6.07, 6.45) is 11.5. The van der Waals surface area contributed by atoms with Crippen LogP contribution in [0.3, 0.4) is 0 Å². The average Bonchev–Trinajstić information content (AvgIpc) is 3.10. The highest BCUT2D eigenvalue weighted by Gasteiger charge is 2.33. The molecule has 2 saturated heterocycles. The third-order valence-electron chi connectivity index (χ3n) is 5.07. The molecule has 104 valence electrons. The van der Waals surface area contributed by atoms with Crippen molar-refractivity contribution in [2.75, 3.05) is 18.8 Å². The van der Waals surface area contributed by atoms with Crippen LogP contribution < -0.4 is 10.6 Å². The van der Waals surface area contributed by atoms with Gasteiger partial charge >= 0.3 is 0 Å². The standard InChI is InChI=1S/C15H28N2S/c1-2-7-15(17-11-12-5-4-10-18-12)13(6-1)14-8-3-9-16-14/h12-17H,1-11H2. The Kier molecular flexibility index (Phi) is 4.88. The molecule has 0 aromatic heterocycles. The summed E-state index contributed by atoms with van der Waals surface area (Å²) in [6.45, 7) is 2.52. The molecule has 0 spiro atoms. The fourth-order valence-corrected chi connectivity index (χ4v) is 5.27. The highest BCUT2D eigenvalue weighted by atomic mass is 32.2. The van der Waals surface area contributed by atoms with Crippen molar-refractivity contribution >= 4 is 11.8 Å². The van der Waals surface area contributed by atoms with Crippen LogP contribution in [0.1, 0.15) is 51.4 Å². The number of hydrogen-bond acceptors (Lipinski definition) is 3. The van der Waals surface area contributed by atoms with Gasteiger partial charge in [-0.3, -0.25) is 0 Å². The van der Waals surface area contributed by atoms with E-state index in [0.29, 0.717) is 0 Å². The van der Waals surface area contributed by atoms with Crippen molar-refractivity contribution in [1.29, 1.82) is 0 Å². The normalized spacial score (nSPS) is 41.3. The molecule has 0 bridgehead atoms. The molecule has 18 heavy (non-hydrogen) atoms. The van der Waals surface area contributed by atoms with Crippen molar-refractivity contribution in [2.45, 2.75) is 68.7 Å². The second-order valence-electron chi connectivity index (χ2n) is 6.30. The molecular weight excluding hydrogens is 240 g/mol. The van der Waals surface area contributed by atoms with E-state index in [4.69, 9.17) is 0 Å². The molecular formula is C15H28N2S. The van der Waals surface area contributed by atoms with E-state index in [1.54, 1.807) is 0 Å². The van der Waals surface area contributed by atoms with Gasteiger partial charge in [0.25, 0.3) is 0 Å². The number of thioether (sulfide) groups is 1. The van der Waals surface area contributed by atoms with Crippen molar-refractivity contribution in [3.8, 4) is 0 Å². The summed E-state index contributed by atoms with van der Waals surface area (Å²) >= 11 is 2.19. The first-order valence-corrected chi connectivity index (χ1v) is 9.07. The largest absolute Gasteiger partial charge is 0.314 e. The SMILES string of the molecule is C1CSC(CNC2CCCCC2C2CCCN2)C1. The van der Waals surface area contributed by atoms with Gasteiger partial charge in [-0.1, -0.05) is 12.8 Å². The lowest BCUT2D eigenvalue weighted by Crippen LogP contribution is -2.48. The predicted molar refractivity (Wildman–Crippen MR) is 80.3 cm³/mol. The first-order chi connectivity index (χ1) is 8.93. The Labute approximate surface area is 116 Å². The molecule has 3 fully saturated rings. The summed E-state index contributed by atoms with van der Waals surface area (Å²) < 4.78 is 0. The summed E-state index contributed by atoms with van der Waals surface area (Å²) in [6, 6.07) is 1.62. The number of rotatable bonds is 4. The molecule has 2 nitrogen and oxygen atoms in total. The lowest BCUT2D eigenvalue weighted by molar-refractivity contribution is 0.215. The quantitative estimate of drug-likeness (QED) is 0.820. The second kappa shape index (κ2) is 6.62. The number of hydrogen-bond donors (Lipinski definition) is 2. The summed E-state index contributed by atoms with van der Waals surface area (Å²) in [5.74, 6) is 2.30. The van der Waals surface area contributed by atoms with E-state index in [-0.39, 0.29) is 0 Å². The minimum absolute atomic E-state index is 0.801. The van der Waals surface area contributed by atoms with Gasteiger partial charge in [-0.2, -0.15) is 11.8 Å². The summed E-state index contributed by atoms with van der Waals surface area (Å²) in [7, 11) is 0. The fourth-order valence-electron chi connectivity index (χ4n) is 4.06. The molecule has 2 N–H and O–H groups in total. The summed E-state index contributed by atoms with van der Waals surface area (Å²) in [5.41, 5.74) is 0. The van der Waals surface area contributed by atoms with Gasteiger partial charge in [-0.15, -0.1) is 0 Å². The molecule has 2 aliphatic heterocycles. The van der Waals surface area contributed by atoms with Gasteiger partial charge in [-0.25, -0.2) is 0 Å². The lowest BCUT2D eigenvalue weighted by Gasteiger charge is -2.37. The molecule has 0 aromatic rings. The van der Waals surface area contributed by atoms with Crippen molar-refractivity contribution < 1.29 is 0 Å². The van der Waals surface area contributed by atoms with Crippen LogP contribution >= 0.6 is 11.8 Å². The third kappa shape index (κ3) is 3.23. The van der Waals surface area contributed by atoms with Gasteiger partial charge in [0.05, 0.1) is 0 Å². The van der Waals surface area contributed by atoms with E-state index >= 15 is 0 Å². The lowest BCUT2D eigenvalue weighted by atomic mass is 9.79. The van der Waals surface area contributed by atoms with Crippen molar-refractivity contribution in [2.24, 2.45) is 5.92 Å². The van der Waals surface area contributed by atoms with Gasteiger partial charge in [-0.05, 0) is 56.7 Å². The smallest absolute Gasteiger partial charge is 0.0172 e. The Morgan fingerprint density at radius 3 is 2.72 bits per heavy atom. The Bertz CT molecular complexity index is 247. The van der Waals surface area contributed by atoms with E-state index in [0.717, 1.165) is 23.3 Å². The predicted octanol–water partition coefficient (Wildman–Crippen LogP) is 2.78. The zero-order valence-corrected chi connectivity index (χ0v) is 12.3. The first kappa shape index (κ1) is 13.3. The maximum Gasteiger partial charge on any atom is 0.0172 e. The zero-order chi connectivity index (χ0) is 12.2. The van der Waals surface area contributed by atoms with Crippen LogP contribution in [0.2, 0.25) is 0 Å². The third-order valence-corrected chi connectivity index (χ3v) is 6.46. The molecule has 3 rings (SSSR count). The molecule has 3 aliphatic rings. The molecule has 4 unspecified atom stereocenters. The van der Waals surface area contributed by atoms with E-state index in [2.05, 4.69) is 22.4 Å². The van der Waals surface area contributed by atoms with Crippen LogP contribution in [0.15, 0.2) is 0 Å².